The van der Waals surface area contributed by atoms with Crippen molar-refractivity contribution in [1.29, 1.82) is 0 Å². The maximum Gasteiger partial charge on any atom is 0.373 e. The Hall–Kier alpha value is -2.70. The molecule has 0 saturated heterocycles. The molecular formula is C34H48O6. The minimum Gasteiger partial charge on any atom is -0.289 e. The van der Waals surface area contributed by atoms with E-state index in [1.54, 1.807) is 24.3 Å². The zero-order chi connectivity index (χ0) is 28.8. The fourth-order valence-electron chi connectivity index (χ4n) is 4.25. The van der Waals surface area contributed by atoms with Crippen LogP contribution in [0.1, 0.15) is 136 Å². The van der Waals surface area contributed by atoms with Gasteiger partial charge in [-0.1, -0.05) is 109 Å². The molecule has 0 unspecified atom stereocenters. The lowest BCUT2D eigenvalue weighted by atomic mass is 10.1. The van der Waals surface area contributed by atoms with E-state index in [-0.39, 0.29) is 6.29 Å². The number of unbranched alkanes of at least 4 members (excludes halogenated alkanes) is 10. The van der Waals surface area contributed by atoms with Crippen LogP contribution in [0.25, 0.3) is 0 Å². The molecule has 2 radical (unpaired) electrons. The molecule has 2 aromatic carbocycles. The monoisotopic (exact) mass is 552 g/mol. The molecule has 40 heavy (non-hydrogen) atoms. The van der Waals surface area contributed by atoms with Crippen LogP contribution in [0.4, 0.5) is 0 Å². The van der Waals surface area contributed by atoms with Gasteiger partial charge in [-0.3, -0.25) is 9.78 Å². The van der Waals surface area contributed by atoms with Crippen LogP contribution in [0.5, 0.6) is 0 Å². The third-order valence-electron chi connectivity index (χ3n) is 6.82. The molecule has 2 rings (SSSR count). The minimum atomic E-state index is -0.639. The summed E-state index contributed by atoms with van der Waals surface area (Å²) in [7, 11) is 0. The molecule has 0 bridgehead atoms. The van der Waals surface area contributed by atoms with Crippen molar-refractivity contribution >= 4 is 11.9 Å². The Kier molecular flexibility index (Phi) is 17.7. The van der Waals surface area contributed by atoms with Gasteiger partial charge in [0.1, 0.15) is 0 Å². The van der Waals surface area contributed by atoms with Crippen molar-refractivity contribution in [3.05, 3.63) is 84.0 Å². The van der Waals surface area contributed by atoms with E-state index in [0.717, 1.165) is 64.2 Å². The Balaban J connectivity index is 1.85. The van der Waals surface area contributed by atoms with Crippen molar-refractivity contribution in [2.24, 2.45) is 0 Å². The highest BCUT2D eigenvalue weighted by atomic mass is 17.3. The van der Waals surface area contributed by atoms with Crippen molar-refractivity contribution < 1.29 is 29.1 Å². The Morgan fingerprint density at radius 2 is 0.950 bits per heavy atom. The number of rotatable bonds is 22. The Labute approximate surface area is 241 Å². The molecular weight excluding hydrogens is 504 g/mol. The number of hydrogen-bond donors (Lipinski definition) is 0. The number of benzene rings is 2. The zero-order valence-corrected chi connectivity index (χ0v) is 24.6. The van der Waals surface area contributed by atoms with Crippen molar-refractivity contribution in [3.63, 3.8) is 0 Å². The average Bonchev–Trinajstić information content (AvgIpc) is 2.99. The molecule has 0 fully saturated rings. The number of hydrogen-bond acceptors (Lipinski definition) is 6. The first-order valence-electron chi connectivity index (χ1n) is 15.2. The third kappa shape index (κ3) is 14.1. The average molecular weight is 553 g/mol. The van der Waals surface area contributed by atoms with Crippen LogP contribution >= 0.6 is 0 Å². The van der Waals surface area contributed by atoms with Crippen molar-refractivity contribution in [1.82, 2.24) is 0 Å². The van der Waals surface area contributed by atoms with E-state index in [1.165, 1.54) is 43.2 Å². The molecule has 2 aromatic rings. The molecule has 0 saturated carbocycles. The second-order valence-corrected chi connectivity index (χ2v) is 10.3. The summed E-state index contributed by atoms with van der Waals surface area (Å²) < 4.78 is 0. The maximum absolute atomic E-state index is 12.5. The second-order valence-electron chi connectivity index (χ2n) is 10.3. The maximum atomic E-state index is 12.5. The predicted octanol–water partition coefficient (Wildman–Crippen LogP) is 9.47. The summed E-state index contributed by atoms with van der Waals surface area (Å²) in [4.78, 5) is 45.6. The summed E-state index contributed by atoms with van der Waals surface area (Å²) in [5.41, 5.74) is 3.09. The third-order valence-corrected chi connectivity index (χ3v) is 6.82. The van der Waals surface area contributed by atoms with Gasteiger partial charge < -0.3 is 0 Å². The first-order chi connectivity index (χ1) is 19.6. The molecule has 0 aliphatic rings. The molecule has 0 aliphatic carbocycles. The summed E-state index contributed by atoms with van der Waals surface area (Å²) in [5, 5.41) is 0. The van der Waals surface area contributed by atoms with Gasteiger partial charge in [-0.05, 0) is 67.5 Å². The van der Waals surface area contributed by atoms with E-state index in [1.807, 2.05) is 24.3 Å². The molecule has 0 atom stereocenters. The molecule has 0 aromatic heterocycles. The quantitative estimate of drug-likeness (QED) is 0.0823. The summed E-state index contributed by atoms with van der Waals surface area (Å²) >= 11 is 0. The summed E-state index contributed by atoms with van der Waals surface area (Å²) in [5.74, 6) is -1.28. The first-order valence-corrected chi connectivity index (χ1v) is 15.2. The Bertz CT molecular complexity index is 870. The molecule has 6 nitrogen and oxygen atoms in total. The normalized spacial score (nSPS) is 11.1. The minimum absolute atomic E-state index is 0.0590. The molecule has 0 spiro atoms. The SMILES string of the molecule is [CH2]CCCCCCCCCC[C](OOC(=O)c1ccc(CCCC)cc1)OOC(=O)c1ccc(CCCC)cc1. The largest absolute Gasteiger partial charge is 0.373 e. The van der Waals surface area contributed by atoms with Crippen molar-refractivity contribution in [3.8, 4) is 0 Å². The van der Waals surface area contributed by atoms with Crippen molar-refractivity contribution in [2.75, 3.05) is 0 Å². The highest BCUT2D eigenvalue weighted by Gasteiger charge is 2.21. The highest BCUT2D eigenvalue weighted by Crippen LogP contribution is 2.20. The Morgan fingerprint density at radius 3 is 1.35 bits per heavy atom. The van der Waals surface area contributed by atoms with Gasteiger partial charge >= 0.3 is 18.2 Å². The Morgan fingerprint density at radius 1 is 0.550 bits per heavy atom. The summed E-state index contributed by atoms with van der Waals surface area (Å²) in [6.45, 7) is 8.18. The van der Waals surface area contributed by atoms with Crippen LogP contribution in [-0.2, 0) is 32.4 Å². The van der Waals surface area contributed by atoms with Gasteiger partial charge in [0, 0.05) is 6.42 Å². The van der Waals surface area contributed by atoms with E-state index in [9.17, 15) is 9.59 Å². The second kappa shape index (κ2) is 21.1. The van der Waals surface area contributed by atoms with Gasteiger partial charge in [0.15, 0.2) is 0 Å². The molecule has 0 aliphatic heterocycles. The topological polar surface area (TPSA) is 71.1 Å². The highest BCUT2D eigenvalue weighted by molar-refractivity contribution is 5.89. The number of aryl methyl sites for hydroxylation is 2. The van der Waals surface area contributed by atoms with Crippen LogP contribution in [0.3, 0.4) is 0 Å². The van der Waals surface area contributed by atoms with Crippen LogP contribution in [-0.4, -0.2) is 11.9 Å². The van der Waals surface area contributed by atoms with E-state index in [2.05, 4.69) is 20.8 Å². The van der Waals surface area contributed by atoms with E-state index in [0.29, 0.717) is 17.5 Å². The molecule has 6 heteroatoms. The molecule has 0 heterocycles. The van der Waals surface area contributed by atoms with Gasteiger partial charge in [-0.25, -0.2) is 9.59 Å². The van der Waals surface area contributed by atoms with Crippen molar-refractivity contribution in [2.45, 2.75) is 117 Å². The van der Waals surface area contributed by atoms with Crippen LogP contribution in [0.2, 0.25) is 0 Å². The van der Waals surface area contributed by atoms with Gasteiger partial charge in [0.2, 0.25) is 0 Å². The van der Waals surface area contributed by atoms with E-state index in [4.69, 9.17) is 19.6 Å². The van der Waals surface area contributed by atoms with Gasteiger partial charge in [-0.15, -0.1) is 9.78 Å². The molecule has 0 N–H and O–H groups in total. The lowest BCUT2D eigenvalue weighted by Gasteiger charge is -2.14. The predicted molar refractivity (Wildman–Crippen MR) is 158 cm³/mol. The molecule has 220 valence electrons. The van der Waals surface area contributed by atoms with Crippen LogP contribution in [0, 0.1) is 13.2 Å². The number of carbonyl (C=O) groups is 2. The van der Waals surface area contributed by atoms with Gasteiger partial charge in [-0.2, -0.15) is 0 Å². The lowest BCUT2D eigenvalue weighted by molar-refractivity contribution is -0.363. The fourth-order valence-corrected chi connectivity index (χ4v) is 4.25. The number of carbonyl (C=O) groups excluding carboxylic acids is 2. The van der Waals surface area contributed by atoms with E-state index >= 15 is 0 Å². The first kappa shape index (κ1) is 33.5. The fraction of sp³-hybridized carbons (Fsp3) is 0.529. The molecule has 0 amide bonds. The van der Waals surface area contributed by atoms with Gasteiger partial charge in [0.25, 0.3) is 0 Å². The smallest absolute Gasteiger partial charge is 0.289 e. The van der Waals surface area contributed by atoms with Crippen LogP contribution in [0.15, 0.2) is 48.5 Å². The zero-order valence-electron chi connectivity index (χ0n) is 24.6. The standard InChI is InChI=1S/C34H48O6/c1-4-7-10-11-12-13-14-15-16-19-32(37-39-33(35)30-24-20-28(21-25-30)17-8-5-2)38-40-34(36)31-26-22-29(23-27-31)18-9-6-3/h20-27H,1,4-19H2,2-3H3. The van der Waals surface area contributed by atoms with Gasteiger partial charge in [0.05, 0.1) is 11.1 Å². The van der Waals surface area contributed by atoms with Crippen LogP contribution < -0.4 is 0 Å². The summed E-state index contributed by atoms with van der Waals surface area (Å²) in [6, 6.07) is 14.6. The lowest BCUT2D eigenvalue weighted by Crippen LogP contribution is -2.16. The summed E-state index contributed by atoms with van der Waals surface area (Å²) in [6.07, 6.45) is 16.5. The van der Waals surface area contributed by atoms with E-state index < -0.39 is 11.9 Å².